The molecule has 0 amide bonds. The minimum atomic E-state index is -0.689. The quantitative estimate of drug-likeness (QED) is 0.720. The number of rotatable bonds is 3. The molecule has 0 radical (unpaired) electrons. The molecular weight excluding hydrogens is 178 g/mol. The number of ether oxygens (including phenoxy) is 1. The van der Waals surface area contributed by atoms with Gasteiger partial charge in [-0.05, 0) is 25.7 Å². The van der Waals surface area contributed by atoms with Crippen LogP contribution in [0.2, 0.25) is 0 Å². The predicted octanol–water partition coefficient (Wildman–Crippen LogP) is 1.15. The summed E-state index contributed by atoms with van der Waals surface area (Å²) in [6.07, 6.45) is 1.74. The Kier molecular flexibility index (Phi) is 3.56. The monoisotopic (exact) mass is 201 g/mol. The molecule has 0 bridgehead atoms. The molecule has 3 nitrogen and oxygen atoms in total. The van der Waals surface area contributed by atoms with Gasteiger partial charge in [0, 0.05) is 25.2 Å². The van der Waals surface area contributed by atoms with Gasteiger partial charge in [0.2, 0.25) is 0 Å². The number of aliphatic hydroxyl groups is 1. The van der Waals surface area contributed by atoms with Gasteiger partial charge in [0.05, 0.1) is 5.60 Å². The molecule has 0 spiro atoms. The zero-order chi connectivity index (χ0) is 10.8. The lowest BCUT2D eigenvalue weighted by Crippen LogP contribution is -2.56. The summed E-state index contributed by atoms with van der Waals surface area (Å²) in [4.78, 5) is 0. The van der Waals surface area contributed by atoms with Crippen LogP contribution in [0.5, 0.6) is 0 Å². The Bertz CT molecular complexity index is 184. The average molecular weight is 201 g/mol. The fourth-order valence-corrected chi connectivity index (χ4v) is 2.29. The highest BCUT2D eigenvalue weighted by atomic mass is 16.5. The van der Waals surface area contributed by atoms with Crippen LogP contribution in [0, 0.1) is 11.3 Å². The van der Waals surface area contributed by atoms with Gasteiger partial charge in [-0.1, -0.05) is 13.8 Å². The third-order valence-electron chi connectivity index (χ3n) is 4.04. The first-order valence-corrected chi connectivity index (χ1v) is 5.46. The van der Waals surface area contributed by atoms with Gasteiger partial charge in [0.25, 0.3) is 0 Å². The molecule has 3 heteroatoms. The molecule has 84 valence electrons. The van der Waals surface area contributed by atoms with Gasteiger partial charge in [0.1, 0.15) is 0 Å². The third-order valence-corrected chi connectivity index (χ3v) is 4.04. The Morgan fingerprint density at radius 2 is 1.93 bits per heavy atom. The van der Waals surface area contributed by atoms with E-state index >= 15 is 0 Å². The Morgan fingerprint density at radius 1 is 1.43 bits per heavy atom. The van der Waals surface area contributed by atoms with E-state index in [1.807, 2.05) is 20.8 Å². The van der Waals surface area contributed by atoms with E-state index in [9.17, 15) is 5.11 Å². The maximum Gasteiger partial charge on any atom is 0.0712 e. The van der Waals surface area contributed by atoms with Gasteiger partial charge >= 0.3 is 0 Å². The minimum Gasteiger partial charge on any atom is -0.389 e. The molecule has 1 atom stereocenters. The average Bonchev–Trinajstić information content (AvgIpc) is 2.18. The van der Waals surface area contributed by atoms with E-state index < -0.39 is 5.60 Å². The summed E-state index contributed by atoms with van der Waals surface area (Å²) in [6.45, 7) is 8.00. The Labute approximate surface area is 86.6 Å². The van der Waals surface area contributed by atoms with E-state index in [2.05, 4.69) is 0 Å². The summed E-state index contributed by atoms with van der Waals surface area (Å²) >= 11 is 0. The molecule has 1 heterocycles. The predicted molar refractivity (Wildman–Crippen MR) is 57.0 cm³/mol. The van der Waals surface area contributed by atoms with Crippen molar-refractivity contribution >= 4 is 0 Å². The van der Waals surface area contributed by atoms with Crippen LogP contribution in [0.15, 0.2) is 0 Å². The molecule has 1 fully saturated rings. The first-order chi connectivity index (χ1) is 6.46. The standard InChI is InChI=1S/C11H23NO2/c1-9(2)10(3,13)11(8-12)4-6-14-7-5-11/h9,13H,4-8,12H2,1-3H3. The zero-order valence-electron chi connectivity index (χ0n) is 9.55. The molecule has 1 aliphatic rings. The maximum absolute atomic E-state index is 10.5. The highest BCUT2D eigenvalue weighted by molar-refractivity contribution is 4.99. The molecule has 3 N–H and O–H groups in total. The second kappa shape index (κ2) is 4.17. The van der Waals surface area contributed by atoms with Crippen LogP contribution in [0.3, 0.4) is 0 Å². The van der Waals surface area contributed by atoms with Crippen LogP contribution in [-0.4, -0.2) is 30.5 Å². The summed E-state index contributed by atoms with van der Waals surface area (Å²) in [7, 11) is 0. The fourth-order valence-electron chi connectivity index (χ4n) is 2.29. The molecule has 14 heavy (non-hydrogen) atoms. The van der Waals surface area contributed by atoms with Crippen LogP contribution in [0.4, 0.5) is 0 Å². The van der Waals surface area contributed by atoms with Crippen molar-refractivity contribution in [2.75, 3.05) is 19.8 Å². The summed E-state index contributed by atoms with van der Waals surface area (Å²) in [5, 5.41) is 10.5. The van der Waals surface area contributed by atoms with Gasteiger partial charge in [0.15, 0.2) is 0 Å². The smallest absolute Gasteiger partial charge is 0.0712 e. The molecule has 0 aromatic carbocycles. The second-order valence-electron chi connectivity index (χ2n) is 4.90. The molecule has 0 aromatic rings. The largest absolute Gasteiger partial charge is 0.389 e. The van der Waals surface area contributed by atoms with Gasteiger partial charge in [-0.15, -0.1) is 0 Å². The summed E-state index contributed by atoms with van der Waals surface area (Å²) in [5.74, 6) is 0.226. The lowest BCUT2D eigenvalue weighted by Gasteiger charge is -2.49. The number of nitrogens with two attached hydrogens (primary N) is 1. The van der Waals surface area contributed by atoms with Crippen molar-refractivity contribution < 1.29 is 9.84 Å². The SMILES string of the molecule is CC(C)C(C)(O)C1(CN)CCOCC1. The molecular formula is C11H23NO2. The molecule has 1 saturated heterocycles. The van der Waals surface area contributed by atoms with E-state index in [1.54, 1.807) is 0 Å². The zero-order valence-corrected chi connectivity index (χ0v) is 9.55. The summed E-state index contributed by atoms with van der Waals surface area (Å²) < 4.78 is 5.33. The van der Waals surface area contributed by atoms with E-state index in [1.165, 1.54) is 0 Å². The van der Waals surface area contributed by atoms with Gasteiger partial charge in [-0.25, -0.2) is 0 Å². The molecule has 0 aromatic heterocycles. The van der Waals surface area contributed by atoms with Gasteiger partial charge < -0.3 is 15.6 Å². The Hall–Kier alpha value is -0.120. The van der Waals surface area contributed by atoms with Crippen molar-refractivity contribution in [2.45, 2.75) is 39.2 Å². The van der Waals surface area contributed by atoms with Crippen LogP contribution >= 0.6 is 0 Å². The van der Waals surface area contributed by atoms with E-state index in [-0.39, 0.29) is 11.3 Å². The minimum absolute atomic E-state index is 0.153. The van der Waals surface area contributed by atoms with Crippen LogP contribution < -0.4 is 5.73 Å². The van der Waals surface area contributed by atoms with Crippen LogP contribution in [0.25, 0.3) is 0 Å². The fraction of sp³-hybridized carbons (Fsp3) is 1.00. The van der Waals surface area contributed by atoms with Crippen molar-refractivity contribution in [1.82, 2.24) is 0 Å². The van der Waals surface area contributed by atoms with E-state index in [0.717, 1.165) is 26.1 Å². The van der Waals surface area contributed by atoms with Crippen molar-refractivity contribution in [3.05, 3.63) is 0 Å². The molecule has 0 saturated carbocycles. The third kappa shape index (κ3) is 1.81. The second-order valence-corrected chi connectivity index (χ2v) is 4.90. The maximum atomic E-state index is 10.5. The first-order valence-electron chi connectivity index (χ1n) is 5.46. The topological polar surface area (TPSA) is 55.5 Å². The van der Waals surface area contributed by atoms with E-state index in [0.29, 0.717) is 6.54 Å². The highest BCUT2D eigenvalue weighted by Crippen LogP contribution is 2.43. The Morgan fingerprint density at radius 3 is 2.29 bits per heavy atom. The van der Waals surface area contributed by atoms with Crippen LogP contribution in [0.1, 0.15) is 33.6 Å². The highest BCUT2D eigenvalue weighted by Gasteiger charge is 2.48. The number of hydrogen-bond acceptors (Lipinski definition) is 3. The first kappa shape index (κ1) is 12.0. The lowest BCUT2D eigenvalue weighted by molar-refractivity contribution is -0.142. The van der Waals surface area contributed by atoms with Gasteiger partial charge in [-0.3, -0.25) is 0 Å². The van der Waals surface area contributed by atoms with Crippen molar-refractivity contribution in [2.24, 2.45) is 17.1 Å². The van der Waals surface area contributed by atoms with Gasteiger partial charge in [-0.2, -0.15) is 0 Å². The summed E-state index contributed by atoms with van der Waals surface area (Å²) in [6, 6.07) is 0. The lowest BCUT2D eigenvalue weighted by atomic mass is 9.63. The molecule has 1 unspecified atom stereocenters. The van der Waals surface area contributed by atoms with E-state index in [4.69, 9.17) is 10.5 Å². The van der Waals surface area contributed by atoms with Crippen LogP contribution in [-0.2, 0) is 4.74 Å². The summed E-state index contributed by atoms with van der Waals surface area (Å²) in [5.41, 5.74) is 5.00. The van der Waals surface area contributed by atoms with Crippen molar-refractivity contribution in [3.8, 4) is 0 Å². The Balaban J connectivity index is 2.86. The molecule has 1 aliphatic heterocycles. The molecule has 0 aliphatic carbocycles. The normalized spacial score (nSPS) is 26.1. The van der Waals surface area contributed by atoms with Crippen molar-refractivity contribution in [1.29, 1.82) is 0 Å². The molecule has 1 rings (SSSR count). The number of hydrogen-bond donors (Lipinski definition) is 2. The van der Waals surface area contributed by atoms with Crippen molar-refractivity contribution in [3.63, 3.8) is 0 Å².